The lowest BCUT2D eigenvalue weighted by Gasteiger charge is -2.21. The van der Waals surface area contributed by atoms with Gasteiger partial charge in [-0.25, -0.2) is 0 Å². The fourth-order valence-electron chi connectivity index (χ4n) is 3.26. The summed E-state index contributed by atoms with van der Waals surface area (Å²) < 4.78 is 0. The third-order valence-corrected chi connectivity index (χ3v) is 5.16. The number of nitrogens with one attached hydrogen (secondary N) is 1. The molecule has 1 aliphatic heterocycles. The van der Waals surface area contributed by atoms with Crippen molar-refractivity contribution in [3.8, 4) is 0 Å². The highest BCUT2D eigenvalue weighted by atomic mass is 35.5. The van der Waals surface area contributed by atoms with Crippen LogP contribution in [0.1, 0.15) is 17.5 Å². The number of carbonyl (C=O) groups excluding carboxylic acids is 1. The summed E-state index contributed by atoms with van der Waals surface area (Å²) in [4.78, 5) is 17.0. The summed E-state index contributed by atoms with van der Waals surface area (Å²) >= 11 is 6.13. The SMILES string of the molecule is Cc1ccc(NC(=O)CN2CCCN(Cc3ccccc3)CC2)cc1Cl. The normalized spacial score (nSPS) is 16.2. The van der Waals surface area contributed by atoms with Crippen LogP contribution in [-0.2, 0) is 11.3 Å². The van der Waals surface area contributed by atoms with Gasteiger partial charge in [-0.05, 0) is 49.7 Å². The van der Waals surface area contributed by atoms with Crippen LogP contribution in [-0.4, -0.2) is 48.4 Å². The molecule has 0 atom stereocenters. The second-order valence-corrected chi connectivity index (χ2v) is 7.31. The Kier molecular flexibility index (Phi) is 6.67. The molecule has 2 aromatic carbocycles. The molecule has 26 heavy (non-hydrogen) atoms. The lowest BCUT2D eigenvalue weighted by molar-refractivity contribution is -0.117. The van der Waals surface area contributed by atoms with Gasteiger partial charge in [-0.1, -0.05) is 48.0 Å². The molecule has 0 aliphatic carbocycles. The van der Waals surface area contributed by atoms with Gasteiger partial charge in [0, 0.05) is 30.3 Å². The number of carbonyl (C=O) groups is 1. The Labute approximate surface area is 160 Å². The van der Waals surface area contributed by atoms with Crippen molar-refractivity contribution in [2.75, 3.05) is 38.0 Å². The van der Waals surface area contributed by atoms with Crippen molar-refractivity contribution in [3.05, 3.63) is 64.7 Å². The maximum Gasteiger partial charge on any atom is 0.238 e. The van der Waals surface area contributed by atoms with E-state index in [1.54, 1.807) is 6.07 Å². The summed E-state index contributed by atoms with van der Waals surface area (Å²) in [6.07, 6.45) is 1.08. The van der Waals surface area contributed by atoms with E-state index >= 15 is 0 Å². The van der Waals surface area contributed by atoms with Crippen LogP contribution in [0.3, 0.4) is 0 Å². The molecule has 1 saturated heterocycles. The zero-order valence-electron chi connectivity index (χ0n) is 15.2. The van der Waals surface area contributed by atoms with E-state index in [0.29, 0.717) is 11.6 Å². The number of hydrogen-bond donors (Lipinski definition) is 1. The van der Waals surface area contributed by atoms with Crippen molar-refractivity contribution in [2.45, 2.75) is 19.9 Å². The topological polar surface area (TPSA) is 35.6 Å². The van der Waals surface area contributed by atoms with Crippen LogP contribution >= 0.6 is 11.6 Å². The van der Waals surface area contributed by atoms with Gasteiger partial charge < -0.3 is 5.32 Å². The fraction of sp³-hybridized carbons (Fsp3) is 0.381. The summed E-state index contributed by atoms with van der Waals surface area (Å²) in [5, 5.41) is 3.63. The number of anilines is 1. The van der Waals surface area contributed by atoms with Gasteiger partial charge in [0.05, 0.1) is 6.54 Å². The van der Waals surface area contributed by atoms with Gasteiger partial charge in [-0.2, -0.15) is 0 Å². The molecule has 1 amide bonds. The first-order valence-electron chi connectivity index (χ1n) is 9.15. The number of rotatable bonds is 5. The smallest absolute Gasteiger partial charge is 0.238 e. The number of nitrogens with zero attached hydrogens (tertiary/aromatic N) is 2. The Morgan fingerprint density at radius 1 is 1.04 bits per heavy atom. The second-order valence-electron chi connectivity index (χ2n) is 6.90. The number of halogens is 1. The predicted octanol–water partition coefficient (Wildman–Crippen LogP) is 3.79. The highest BCUT2D eigenvalue weighted by Crippen LogP contribution is 2.20. The summed E-state index contributed by atoms with van der Waals surface area (Å²) in [6.45, 7) is 7.27. The monoisotopic (exact) mass is 371 g/mol. The predicted molar refractivity (Wildman–Crippen MR) is 108 cm³/mol. The summed E-state index contributed by atoms with van der Waals surface area (Å²) in [5.74, 6) is 0.0152. The van der Waals surface area contributed by atoms with Gasteiger partial charge in [0.1, 0.15) is 0 Å². The van der Waals surface area contributed by atoms with E-state index in [1.165, 1.54) is 5.56 Å². The molecular formula is C21H26ClN3O. The molecular weight excluding hydrogens is 346 g/mol. The summed E-state index contributed by atoms with van der Waals surface area (Å²) in [5.41, 5.74) is 3.11. The third-order valence-electron chi connectivity index (χ3n) is 4.75. The molecule has 0 saturated carbocycles. The molecule has 0 unspecified atom stereocenters. The number of aryl methyl sites for hydroxylation is 1. The zero-order valence-corrected chi connectivity index (χ0v) is 16.0. The van der Waals surface area contributed by atoms with Crippen molar-refractivity contribution in [3.63, 3.8) is 0 Å². The van der Waals surface area contributed by atoms with Crippen molar-refractivity contribution in [2.24, 2.45) is 0 Å². The summed E-state index contributed by atoms with van der Waals surface area (Å²) in [6, 6.07) is 16.2. The van der Waals surface area contributed by atoms with E-state index in [-0.39, 0.29) is 5.91 Å². The minimum atomic E-state index is 0.0152. The Bertz CT molecular complexity index is 735. The molecule has 0 spiro atoms. The molecule has 0 bridgehead atoms. The Morgan fingerprint density at radius 2 is 1.77 bits per heavy atom. The van der Waals surface area contributed by atoms with E-state index in [0.717, 1.165) is 50.4 Å². The molecule has 138 valence electrons. The number of hydrogen-bond acceptors (Lipinski definition) is 3. The van der Waals surface area contributed by atoms with Crippen LogP contribution in [0.15, 0.2) is 48.5 Å². The average Bonchev–Trinajstić information content (AvgIpc) is 2.84. The molecule has 4 nitrogen and oxygen atoms in total. The van der Waals surface area contributed by atoms with Crippen molar-refractivity contribution >= 4 is 23.2 Å². The minimum absolute atomic E-state index is 0.0152. The van der Waals surface area contributed by atoms with E-state index in [9.17, 15) is 4.79 Å². The Hall–Kier alpha value is -1.88. The molecule has 5 heteroatoms. The minimum Gasteiger partial charge on any atom is -0.325 e. The first kappa shape index (κ1) is 18.9. The third kappa shape index (κ3) is 5.56. The fourth-order valence-corrected chi connectivity index (χ4v) is 3.44. The highest BCUT2D eigenvalue weighted by molar-refractivity contribution is 6.31. The van der Waals surface area contributed by atoms with E-state index in [1.807, 2.05) is 25.1 Å². The molecule has 0 radical (unpaired) electrons. The van der Waals surface area contributed by atoms with Crippen LogP contribution in [0.4, 0.5) is 5.69 Å². The van der Waals surface area contributed by atoms with Crippen LogP contribution < -0.4 is 5.32 Å². The van der Waals surface area contributed by atoms with Gasteiger partial charge in [-0.3, -0.25) is 14.6 Å². The standard InChI is InChI=1S/C21H26ClN3O/c1-17-8-9-19(14-20(17)22)23-21(26)16-25-11-5-10-24(12-13-25)15-18-6-3-2-4-7-18/h2-4,6-9,14H,5,10-13,15-16H2,1H3,(H,23,26). The molecule has 1 aliphatic rings. The highest BCUT2D eigenvalue weighted by Gasteiger charge is 2.17. The van der Waals surface area contributed by atoms with Crippen molar-refractivity contribution in [1.29, 1.82) is 0 Å². The maximum absolute atomic E-state index is 12.4. The van der Waals surface area contributed by atoms with E-state index < -0.39 is 0 Å². The van der Waals surface area contributed by atoms with Crippen LogP contribution in [0.2, 0.25) is 5.02 Å². The lowest BCUT2D eigenvalue weighted by Crippen LogP contribution is -2.36. The molecule has 3 rings (SSSR count). The molecule has 1 N–H and O–H groups in total. The summed E-state index contributed by atoms with van der Waals surface area (Å²) in [7, 11) is 0. The molecule has 1 heterocycles. The van der Waals surface area contributed by atoms with Crippen molar-refractivity contribution in [1.82, 2.24) is 9.80 Å². The quantitative estimate of drug-likeness (QED) is 0.868. The molecule has 0 aromatic heterocycles. The van der Waals surface area contributed by atoms with Gasteiger partial charge in [-0.15, -0.1) is 0 Å². The molecule has 1 fully saturated rings. The Morgan fingerprint density at radius 3 is 2.54 bits per heavy atom. The van der Waals surface area contributed by atoms with Gasteiger partial charge in [0.2, 0.25) is 5.91 Å². The lowest BCUT2D eigenvalue weighted by atomic mass is 10.2. The van der Waals surface area contributed by atoms with E-state index in [4.69, 9.17) is 11.6 Å². The second kappa shape index (κ2) is 9.17. The first-order valence-corrected chi connectivity index (χ1v) is 9.52. The van der Waals surface area contributed by atoms with E-state index in [2.05, 4.69) is 39.4 Å². The van der Waals surface area contributed by atoms with Crippen molar-refractivity contribution < 1.29 is 4.79 Å². The van der Waals surface area contributed by atoms with Crippen LogP contribution in [0.25, 0.3) is 0 Å². The molecule has 2 aromatic rings. The van der Waals surface area contributed by atoms with Gasteiger partial charge in [0.15, 0.2) is 0 Å². The zero-order chi connectivity index (χ0) is 18.4. The Balaban J connectivity index is 1.48. The van der Waals surface area contributed by atoms with Gasteiger partial charge in [0.25, 0.3) is 0 Å². The van der Waals surface area contributed by atoms with Gasteiger partial charge >= 0.3 is 0 Å². The number of benzene rings is 2. The van der Waals surface area contributed by atoms with Crippen LogP contribution in [0.5, 0.6) is 0 Å². The average molecular weight is 372 g/mol. The maximum atomic E-state index is 12.4. The largest absolute Gasteiger partial charge is 0.325 e. The van der Waals surface area contributed by atoms with Crippen LogP contribution in [0, 0.1) is 6.92 Å². The first-order chi connectivity index (χ1) is 12.6. The number of amides is 1.